The van der Waals surface area contributed by atoms with Crippen LogP contribution in [0.25, 0.3) is 11.5 Å². The Kier molecular flexibility index (Phi) is 7.77. The van der Waals surface area contributed by atoms with E-state index in [9.17, 15) is 14.4 Å². The van der Waals surface area contributed by atoms with Gasteiger partial charge in [-0.05, 0) is 23.6 Å². The Bertz CT molecular complexity index is 1070. The third-order valence-electron chi connectivity index (χ3n) is 4.63. The van der Waals surface area contributed by atoms with Crippen molar-refractivity contribution in [1.29, 1.82) is 0 Å². The van der Waals surface area contributed by atoms with E-state index in [0.717, 1.165) is 5.56 Å². The summed E-state index contributed by atoms with van der Waals surface area (Å²) in [6.07, 6.45) is 0.206. The van der Waals surface area contributed by atoms with Gasteiger partial charge in [0.15, 0.2) is 10.9 Å². The van der Waals surface area contributed by atoms with Crippen LogP contribution in [0.2, 0.25) is 0 Å². The van der Waals surface area contributed by atoms with Gasteiger partial charge >= 0.3 is 0 Å². The van der Waals surface area contributed by atoms with E-state index in [1.165, 1.54) is 18.3 Å². The van der Waals surface area contributed by atoms with Gasteiger partial charge in [-0.1, -0.05) is 44.2 Å². The monoisotopic (exact) mass is 454 g/mol. The number of carbonyl (C=O) groups excluding carboxylic acids is 3. The SMILES string of the molecule is CC(=O)NCc1ccc(-c2csc(NC(=O)[C@@H](NC(=O)Cc3ccccc3)C(C)C)n2)o1. The average molecular weight is 455 g/mol. The Hall–Kier alpha value is -3.46. The summed E-state index contributed by atoms with van der Waals surface area (Å²) in [6, 6.07) is 12.2. The summed E-state index contributed by atoms with van der Waals surface area (Å²) in [5.41, 5.74) is 1.46. The van der Waals surface area contributed by atoms with Gasteiger partial charge in [0.05, 0.1) is 13.0 Å². The van der Waals surface area contributed by atoms with E-state index >= 15 is 0 Å². The normalized spacial score (nSPS) is 11.8. The fourth-order valence-electron chi connectivity index (χ4n) is 2.99. The van der Waals surface area contributed by atoms with Crippen LogP contribution in [-0.4, -0.2) is 28.7 Å². The van der Waals surface area contributed by atoms with Crippen molar-refractivity contribution >= 4 is 34.2 Å². The molecular formula is C23H26N4O4S. The lowest BCUT2D eigenvalue weighted by molar-refractivity contribution is -0.127. The first-order valence-electron chi connectivity index (χ1n) is 10.2. The van der Waals surface area contributed by atoms with Gasteiger partial charge in [-0.15, -0.1) is 11.3 Å². The fraction of sp³-hybridized carbons (Fsp3) is 0.304. The molecule has 1 aromatic carbocycles. The second-order valence-corrected chi connectivity index (χ2v) is 8.51. The minimum atomic E-state index is -0.688. The van der Waals surface area contributed by atoms with E-state index in [1.807, 2.05) is 44.2 Å². The van der Waals surface area contributed by atoms with E-state index in [0.29, 0.717) is 28.9 Å². The number of rotatable bonds is 9. The highest BCUT2D eigenvalue weighted by Crippen LogP contribution is 2.27. The molecule has 2 heterocycles. The van der Waals surface area contributed by atoms with Crippen LogP contribution >= 0.6 is 11.3 Å². The molecule has 0 fully saturated rings. The van der Waals surface area contributed by atoms with Gasteiger partial charge in [0.25, 0.3) is 0 Å². The molecular weight excluding hydrogens is 428 g/mol. The Morgan fingerprint density at radius 1 is 1.09 bits per heavy atom. The number of hydrogen-bond donors (Lipinski definition) is 3. The smallest absolute Gasteiger partial charge is 0.248 e. The third kappa shape index (κ3) is 6.52. The highest BCUT2D eigenvalue weighted by Gasteiger charge is 2.25. The molecule has 3 aromatic rings. The van der Waals surface area contributed by atoms with Crippen LogP contribution in [0.5, 0.6) is 0 Å². The number of thiazole rings is 1. The Morgan fingerprint density at radius 3 is 2.53 bits per heavy atom. The first-order valence-corrected chi connectivity index (χ1v) is 11.1. The molecule has 0 aliphatic carbocycles. The maximum atomic E-state index is 12.8. The van der Waals surface area contributed by atoms with Crippen molar-refractivity contribution in [3.63, 3.8) is 0 Å². The Labute approximate surface area is 190 Å². The number of hydrogen-bond acceptors (Lipinski definition) is 6. The zero-order valence-electron chi connectivity index (χ0n) is 18.2. The van der Waals surface area contributed by atoms with Gasteiger partial charge in [-0.25, -0.2) is 4.98 Å². The molecule has 3 rings (SSSR count). The van der Waals surface area contributed by atoms with E-state index in [2.05, 4.69) is 20.9 Å². The number of amides is 3. The van der Waals surface area contributed by atoms with Crippen molar-refractivity contribution in [3.05, 3.63) is 59.2 Å². The summed E-state index contributed by atoms with van der Waals surface area (Å²) >= 11 is 1.27. The predicted octanol–water partition coefficient (Wildman–Crippen LogP) is 3.36. The van der Waals surface area contributed by atoms with Crippen LogP contribution in [0, 0.1) is 5.92 Å². The molecule has 0 aliphatic heterocycles. The van der Waals surface area contributed by atoms with Crippen LogP contribution in [0.15, 0.2) is 52.3 Å². The maximum Gasteiger partial charge on any atom is 0.248 e. The number of anilines is 1. The molecule has 0 saturated heterocycles. The summed E-state index contributed by atoms with van der Waals surface area (Å²) < 4.78 is 5.69. The number of nitrogens with one attached hydrogen (secondary N) is 3. The summed E-state index contributed by atoms with van der Waals surface area (Å²) in [4.78, 5) is 40.7. The van der Waals surface area contributed by atoms with E-state index in [1.54, 1.807) is 17.5 Å². The van der Waals surface area contributed by atoms with Crippen LogP contribution in [0.1, 0.15) is 32.1 Å². The lowest BCUT2D eigenvalue weighted by Crippen LogP contribution is -2.47. The van der Waals surface area contributed by atoms with Crippen LogP contribution in [-0.2, 0) is 27.3 Å². The largest absolute Gasteiger partial charge is 0.458 e. The number of carbonyl (C=O) groups is 3. The molecule has 9 heteroatoms. The van der Waals surface area contributed by atoms with E-state index in [4.69, 9.17) is 4.42 Å². The zero-order valence-corrected chi connectivity index (χ0v) is 19.0. The third-order valence-corrected chi connectivity index (χ3v) is 5.39. The van der Waals surface area contributed by atoms with Gasteiger partial charge in [-0.3, -0.25) is 14.4 Å². The highest BCUT2D eigenvalue weighted by atomic mass is 32.1. The predicted molar refractivity (Wildman–Crippen MR) is 123 cm³/mol. The molecule has 0 saturated carbocycles. The number of nitrogens with zero attached hydrogens (tertiary/aromatic N) is 1. The quantitative estimate of drug-likeness (QED) is 0.459. The molecule has 1 atom stereocenters. The number of furan rings is 1. The topological polar surface area (TPSA) is 113 Å². The second kappa shape index (κ2) is 10.7. The molecule has 0 aliphatic rings. The first kappa shape index (κ1) is 23.2. The van der Waals surface area contributed by atoms with Crippen LogP contribution in [0.4, 0.5) is 5.13 Å². The molecule has 168 valence electrons. The molecule has 0 unspecified atom stereocenters. The lowest BCUT2D eigenvalue weighted by Gasteiger charge is -2.21. The van der Waals surface area contributed by atoms with Crippen molar-refractivity contribution < 1.29 is 18.8 Å². The van der Waals surface area contributed by atoms with Crippen molar-refractivity contribution in [2.45, 2.75) is 39.8 Å². The van der Waals surface area contributed by atoms with Crippen LogP contribution in [0.3, 0.4) is 0 Å². The summed E-state index contributed by atoms with van der Waals surface area (Å²) in [5.74, 6) is 0.362. The minimum Gasteiger partial charge on any atom is -0.458 e. The summed E-state index contributed by atoms with van der Waals surface area (Å²) in [6.45, 7) is 5.48. The molecule has 2 aromatic heterocycles. The molecule has 0 bridgehead atoms. The second-order valence-electron chi connectivity index (χ2n) is 7.65. The van der Waals surface area contributed by atoms with Crippen molar-refractivity contribution in [1.82, 2.24) is 15.6 Å². The van der Waals surface area contributed by atoms with Gasteiger partial charge in [0.2, 0.25) is 17.7 Å². The van der Waals surface area contributed by atoms with Gasteiger partial charge in [0.1, 0.15) is 17.5 Å². The standard InChI is InChI=1S/C23H26N4O4S/c1-14(2)21(26-20(29)11-16-7-5-4-6-8-16)22(30)27-23-25-18(13-32-23)19-10-9-17(31-19)12-24-15(3)28/h4-10,13-14,21H,11-12H2,1-3H3,(H,24,28)(H,26,29)(H,25,27,30)/t21-/m0/s1. The first-order chi connectivity index (χ1) is 15.3. The lowest BCUT2D eigenvalue weighted by atomic mass is 10.0. The minimum absolute atomic E-state index is 0.101. The molecule has 32 heavy (non-hydrogen) atoms. The number of aromatic nitrogens is 1. The highest BCUT2D eigenvalue weighted by molar-refractivity contribution is 7.14. The van der Waals surface area contributed by atoms with E-state index in [-0.39, 0.29) is 30.1 Å². The van der Waals surface area contributed by atoms with Gasteiger partial charge in [-0.2, -0.15) is 0 Å². The summed E-state index contributed by atoms with van der Waals surface area (Å²) in [5, 5.41) is 10.5. The molecule has 0 spiro atoms. The molecule has 0 radical (unpaired) electrons. The molecule has 3 amide bonds. The molecule has 3 N–H and O–H groups in total. The van der Waals surface area contributed by atoms with Crippen molar-refractivity contribution in [2.75, 3.05) is 5.32 Å². The number of benzene rings is 1. The molecule has 8 nitrogen and oxygen atoms in total. The van der Waals surface area contributed by atoms with Crippen molar-refractivity contribution in [2.24, 2.45) is 5.92 Å². The average Bonchev–Trinajstić information content (AvgIpc) is 3.40. The zero-order chi connectivity index (χ0) is 23.1. The van der Waals surface area contributed by atoms with Gasteiger partial charge < -0.3 is 20.4 Å². The Morgan fingerprint density at radius 2 is 1.84 bits per heavy atom. The van der Waals surface area contributed by atoms with Gasteiger partial charge in [0, 0.05) is 12.3 Å². The van der Waals surface area contributed by atoms with Crippen LogP contribution < -0.4 is 16.0 Å². The maximum absolute atomic E-state index is 12.8. The van der Waals surface area contributed by atoms with Crippen molar-refractivity contribution in [3.8, 4) is 11.5 Å². The summed E-state index contributed by atoms with van der Waals surface area (Å²) in [7, 11) is 0. The Balaban J connectivity index is 1.60. The van der Waals surface area contributed by atoms with E-state index < -0.39 is 6.04 Å². The fourth-order valence-corrected chi connectivity index (χ4v) is 3.69.